The molecular weight excluding hydrogens is 264 g/mol. The van der Waals surface area contributed by atoms with E-state index in [-0.39, 0.29) is 17.5 Å². The summed E-state index contributed by atoms with van der Waals surface area (Å²) in [6.07, 6.45) is 2.44. The van der Waals surface area contributed by atoms with Crippen molar-refractivity contribution in [2.24, 2.45) is 5.92 Å². The molecule has 1 aromatic carbocycles. The highest BCUT2D eigenvalue weighted by molar-refractivity contribution is 5.40. The predicted octanol–water partition coefficient (Wildman–Crippen LogP) is 2.87. The highest BCUT2D eigenvalue weighted by Crippen LogP contribution is 2.33. The molecule has 21 heavy (non-hydrogen) atoms. The van der Waals surface area contributed by atoms with Crippen molar-refractivity contribution in [3.63, 3.8) is 0 Å². The number of hydrogen-bond acceptors (Lipinski definition) is 4. The van der Waals surface area contributed by atoms with Gasteiger partial charge in [-0.05, 0) is 58.7 Å². The molecule has 0 aliphatic carbocycles. The number of rotatable bonds is 5. The molecule has 0 amide bonds. The third kappa shape index (κ3) is 4.11. The molecule has 1 unspecified atom stereocenters. The monoisotopic (exact) mass is 292 g/mol. The largest absolute Gasteiger partial charge is 0.508 e. The van der Waals surface area contributed by atoms with Crippen molar-refractivity contribution in [3.05, 3.63) is 23.8 Å². The van der Waals surface area contributed by atoms with E-state index in [0.717, 1.165) is 31.1 Å². The van der Waals surface area contributed by atoms with Gasteiger partial charge in [0.05, 0.1) is 0 Å². The summed E-state index contributed by atoms with van der Waals surface area (Å²) in [6, 6.07) is 5.46. The number of nitrogens with zero attached hydrogens (tertiary/aromatic N) is 1. The first-order chi connectivity index (χ1) is 9.99. The van der Waals surface area contributed by atoms with Crippen LogP contribution in [-0.2, 0) is 0 Å². The summed E-state index contributed by atoms with van der Waals surface area (Å²) in [5.41, 5.74) is 0.885. The molecule has 1 aliphatic rings. The number of benzene rings is 1. The lowest BCUT2D eigenvalue weighted by molar-refractivity contribution is 0.123. The van der Waals surface area contributed by atoms with Crippen LogP contribution in [0.2, 0.25) is 0 Å². The highest BCUT2D eigenvalue weighted by Gasteiger charge is 2.25. The Balaban J connectivity index is 2.12. The van der Waals surface area contributed by atoms with E-state index >= 15 is 0 Å². The van der Waals surface area contributed by atoms with Crippen LogP contribution in [0.1, 0.15) is 45.2 Å². The molecule has 0 aromatic heterocycles. The Labute approximate surface area is 127 Å². The van der Waals surface area contributed by atoms with Crippen LogP contribution < -0.4 is 5.32 Å². The Morgan fingerprint density at radius 3 is 2.43 bits per heavy atom. The second-order valence-corrected chi connectivity index (χ2v) is 6.40. The fourth-order valence-corrected chi connectivity index (χ4v) is 3.24. The topological polar surface area (TPSA) is 55.7 Å². The first-order valence-electron chi connectivity index (χ1n) is 7.97. The molecule has 4 heteroatoms. The molecule has 0 spiro atoms. The molecule has 0 bridgehead atoms. The SMILES string of the molecule is CC(C)N(CC1CCNCC1)C(C)c1ccc(O)cc1O. The summed E-state index contributed by atoms with van der Waals surface area (Å²) in [5.74, 6) is 1.01. The van der Waals surface area contributed by atoms with Crippen LogP contribution in [0.4, 0.5) is 0 Å². The Bertz CT molecular complexity index is 456. The summed E-state index contributed by atoms with van der Waals surface area (Å²) >= 11 is 0. The van der Waals surface area contributed by atoms with Gasteiger partial charge < -0.3 is 15.5 Å². The molecule has 0 saturated carbocycles. The van der Waals surface area contributed by atoms with E-state index in [2.05, 4.69) is 31.0 Å². The second kappa shape index (κ2) is 7.14. The summed E-state index contributed by atoms with van der Waals surface area (Å²) < 4.78 is 0. The Kier molecular flexibility index (Phi) is 5.48. The van der Waals surface area contributed by atoms with Gasteiger partial charge in [0.15, 0.2) is 0 Å². The second-order valence-electron chi connectivity index (χ2n) is 6.40. The quantitative estimate of drug-likeness (QED) is 0.781. The van der Waals surface area contributed by atoms with Crippen molar-refractivity contribution >= 4 is 0 Å². The van der Waals surface area contributed by atoms with Crippen molar-refractivity contribution in [2.45, 2.75) is 45.7 Å². The average Bonchev–Trinajstić information content (AvgIpc) is 2.45. The van der Waals surface area contributed by atoms with E-state index in [1.54, 1.807) is 6.07 Å². The lowest BCUT2D eigenvalue weighted by Gasteiger charge is -2.37. The number of hydrogen-bond donors (Lipinski definition) is 3. The number of phenols is 2. The van der Waals surface area contributed by atoms with Gasteiger partial charge in [-0.15, -0.1) is 0 Å². The fraction of sp³-hybridized carbons (Fsp3) is 0.647. The maximum atomic E-state index is 10.1. The van der Waals surface area contributed by atoms with Crippen LogP contribution in [0.3, 0.4) is 0 Å². The minimum absolute atomic E-state index is 0.109. The summed E-state index contributed by atoms with van der Waals surface area (Å²) in [4.78, 5) is 2.45. The zero-order chi connectivity index (χ0) is 15.4. The first kappa shape index (κ1) is 16.1. The van der Waals surface area contributed by atoms with Gasteiger partial charge in [-0.3, -0.25) is 4.90 Å². The maximum Gasteiger partial charge on any atom is 0.124 e. The lowest BCUT2D eigenvalue weighted by atomic mass is 9.95. The summed E-state index contributed by atoms with van der Waals surface area (Å²) in [6.45, 7) is 9.81. The summed E-state index contributed by atoms with van der Waals surface area (Å²) in [7, 11) is 0. The van der Waals surface area contributed by atoms with Crippen LogP contribution >= 0.6 is 0 Å². The normalized spacial score (nSPS) is 18.3. The van der Waals surface area contributed by atoms with Gasteiger partial charge in [0.2, 0.25) is 0 Å². The number of nitrogens with one attached hydrogen (secondary N) is 1. The molecular formula is C17H28N2O2. The summed E-state index contributed by atoms with van der Waals surface area (Å²) in [5, 5.41) is 23.0. The predicted molar refractivity (Wildman–Crippen MR) is 85.6 cm³/mol. The molecule has 1 aliphatic heterocycles. The van der Waals surface area contributed by atoms with Crippen LogP contribution in [0.5, 0.6) is 11.5 Å². The van der Waals surface area contributed by atoms with Crippen molar-refractivity contribution < 1.29 is 10.2 Å². The molecule has 1 fully saturated rings. The Morgan fingerprint density at radius 1 is 1.19 bits per heavy atom. The van der Waals surface area contributed by atoms with Crippen LogP contribution in [0.15, 0.2) is 18.2 Å². The molecule has 0 radical (unpaired) electrons. The molecule has 1 saturated heterocycles. The van der Waals surface area contributed by atoms with Crippen molar-refractivity contribution in [3.8, 4) is 11.5 Å². The van der Waals surface area contributed by atoms with E-state index in [1.807, 2.05) is 6.07 Å². The third-order valence-corrected chi connectivity index (χ3v) is 4.55. The van der Waals surface area contributed by atoms with Gasteiger partial charge >= 0.3 is 0 Å². The van der Waals surface area contributed by atoms with Crippen molar-refractivity contribution in [1.82, 2.24) is 10.2 Å². The first-order valence-corrected chi connectivity index (χ1v) is 7.97. The Morgan fingerprint density at radius 2 is 1.86 bits per heavy atom. The van der Waals surface area contributed by atoms with E-state index in [4.69, 9.17) is 0 Å². The van der Waals surface area contributed by atoms with E-state index in [9.17, 15) is 10.2 Å². The van der Waals surface area contributed by atoms with Crippen LogP contribution in [-0.4, -0.2) is 40.8 Å². The van der Waals surface area contributed by atoms with E-state index < -0.39 is 0 Å². The number of piperidine rings is 1. The minimum atomic E-state index is 0.109. The van der Waals surface area contributed by atoms with Gasteiger partial charge in [-0.25, -0.2) is 0 Å². The van der Waals surface area contributed by atoms with Crippen molar-refractivity contribution in [2.75, 3.05) is 19.6 Å². The van der Waals surface area contributed by atoms with Gasteiger partial charge in [-0.1, -0.05) is 6.07 Å². The Hall–Kier alpha value is -1.26. The third-order valence-electron chi connectivity index (χ3n) is 4.55. The number of aromatic hydroxyl groups is 2. The van der Waals surface area contributed by atoms with Crippen molar-refractivity contribution in [1.29, 1.82) is 0 Å². The molecule has 1 atom stereocenters. The van der Waals surface area contributed by atoms with Gasteiger partial charge in [-0.2, -0.15) is 0 Å². The van der Waals surface area contributed by atoms with Gasteiger partial charge in [0.1, 0.15) is 11.5 Å². The maximum absolute atomic E-state index is 10.1. The zero-order valence-corrected chi connectivity index (χ0v) is 13.3. The molecule has 118 valence electrons. The van der Waals surface area contributed by atoms with Crippen LogP contribution in [0, 0.1) is 5.92 Å². The zero-order valence-electron chi connectivity index (χ0n) is 13.3. The minimum Gasteiger partial charge on any atom is -0.508 e. The molecule has 4 nitrogen and oxygen atoms in total. The van der Waals surface area contributed by atoms with Gasteiger partial charge in [0, 0.05) is 30.3 Å². The molecule has 3 N–H and O–H groups in total. The fourth-order valence-electron chi connectivity index (χ4n) is 3.24. The molecule has 1 heterocycles. The van der Waals surface area contributed by atoms with Gasteiger partial charge in [0.25, 0.3) is 0 Å². The molecule has 1 aromatic rings. The standard InChI is InChI=1S/C17H28N2O2/c1-12(2)19(11-14-6-8-18-9-7-14)13(3)16-5-4-15(20)10-17(16)21/h4-5,10,12-14,18,20-21H,6-9,11H2,1-3H3. The van der Waals surface area contributed by atoms with E-state index in [0.29, 0.717) is 6.04 Å². The molecule has 2 rings (SSSR count). The average molecular weight is 292 g/mol. The number of phenolic OH excluding ortho intramolecular Hbond substituents is 2. The lowest BCUT2D eigenvalue weighted by Crippen LogP contribution is -2.40. The van der Waals surface area contributed by atoms with E-state index in [1.165, 1.54) is 18.9 Å². The smallest absolute Gasteiger partial charge is 0.124 e. The van der Waals surface area contributed by atoms with Crippen LogP contribution in [0.25, 0.3) is 0 Å². The highest BCUT2D eigenvalue weighted by atomic mass is 16.3.